The van der Waals surface area contributed by atoms with Gasteiger partial charge in [0.15, 0.2) is 0 Å². The molecule has 2 aliphatic carbocycles. The van der Waals surface area contributed by atoms with Gasteiger partial charge in [0.2, 0.25) is 5.91 Å². The summed E-state index contributed by atoms with van der Waals surface area (Å²) < 4.78 is 2.03. The van der Waals surface area contributed by atoms with E-state index >= 15 is 0 Å². The molecule has 0 atom stereocenters. The summed E-state index contributed by atoms with van der Waals surface area (Å²) in [6.07, 6.45) is 9.81. The minimum Gasteiger partial charge on any atom is -0.310 e. The lowest BCUT2D eigenvalue weighted by molar-refractivity contribution is -0.118. The Morgan fingerprint density at radius 3 is 2.52 bits per heavy atom. The van der Waals surface area contributed by atoms with Crippen LogP contribution in [0.3, 0.4) is 0 Å². The molecule has 2 fully saturated rings. The molecular formula is C19H23N3O. The van der Waals surface area contributed by atoms with Crippen LogP contribution in [0.25, 0.3) is 0 Å². The third-order valence-corrected chi connectivity index (χ3v) is 5.34. The van der Waals surface area contributed by atoms with E-state index in [1.54, 1.807) is 6.20 Å². The fraction of sp³-hybridized carbons (Fsp3) is 0.474. The molecule has 0 spiro atoms. The lowest BCUT2D eigenvalue weighted by Crippen LogP contribution is -2.29. The topological polar surface area (TPSA) is 46.9 Å². The molecule has 23 heavy (non-hydrogen) atoms. The molecule has 120 valence electrons. The van der Waals surface area contributed by atoms with Gasteiger partial charge >= 0.3 is 0 Å². The quantitative estimate of drug-likeness (QED) is 0.926. The lowest BCUT2D eigenvalue weighted by atomic mass is 9.95. The van der Waals surface area contributed by atoms with Gasteiger partial charge in [-0.3, -0.25) is 4.79 Å². The minimum atomic E-state index is -0.330. The number of hydrogen-bond donors (Lipinski definition) is 1. The Kier molecular flexibility index (Phi) is 3.68. The predicted molar refractivity (Wildman–Crippen MR) is 90.3 cm³/mol. The van der Waals surface area contributed by atoms with E-state index in [9.17, 15) is 4.79 Å². The standard InChI is InChI=1S/C19H23N3O/c23-18(19(12-13-19)15-7-3-1-4-8-15)21-17-11-14-20-22(17)16-9-5-2-6-10-16/h1,3-4,7-8,11,14,16H,2,5-6,9-10,12-13H2,(H,21,23). The zero-order valence-electron chi connectivity index (χ0n) is 13.4. The van der Waals surface area contributed by atoms with Crippen LogP contribution in [0.1, 0.15) is 56.6 Å². The average molecular weight is 309 g/mol. The molecular weight excluding hydrogens is 286 g/mol. The first-order valence-electron chi connectivity index (χ1n) is 8.70. The van der Waals surface area contributed by atoms with E-state index < -0.39 is 0 Å². The maximum Gasteiger partial charge on any atom is 0.236 e. The average Bonchev–Trinajstić information content (AvgIpc) is 3.30. The minimum absolute atomic E-state index is 0.112. The molecule has 0 bridgehead atoms. The highest BCUT2D eigenvalue weighted by Crippen LogP contribution is 2.49. The molecule has 4 rings (SSSR count). The molecule has 1 amide bonds. The number of carbonyl (C=O) groups excluding carboxylic acids is 1. The molecule has 1 N–H and O–H groups in total. The highest BCUT2D eigenvalue weighted by atomic mass is 16.2. The van der Waals surface area contributed by atoms with Crippen LogP contribution in [0.5, 0.6) is 0 Å². The smallest absolute Gasteiger partial charge is 0.236 e. The summed E-state index contributed by atoms with van der Waals surface area (Å²) in [6.45, 7) is 0. The number of carbonyl (C=O) groups is 1. The van der Waals surface area contributed by atoms with Crippen LogP contribution < -0.4 is 5.32 Å². The molecule has 0 saturated heterocycles. The monoisotopic (exact) mass is 309 g/mol. The lowest BCUT2D eigenvalue weighted by Gasteiger charge is -2.24. The Hall–Kier alpha value is -2.10. The fourth-order valence-corrected chi connectivity index (χ4v) is 3.79. The Morgan fingerprint density at radius 1 is 1.09 bits per heavy atom. The van der Waals surface area contributed by atoms with E-state index in [0.29, 0.717) is 6.04 Å². The van der Waals surface area contributed by atoms with Crippen molar-refractivity contribution in [2.24, 2.45) is 0 Å². The maximum atomic E-state index is 12.9. The van der Waals surface area contributed by atoms with E-state index in [4.69, 9.17) is 0 Å². The molecule has 1 aromatic carbocycles. The molecule has 0 radical (unpaired) electrons. The van der Waals surface area contributed by atoms with E-state index in [0.717, 1.165) is 37.1 Å². The first kappa shape index (κ1) is 14.5. The van der Waals surface area contributed by atoms with Gasteiger partial charge < -0.3 is 5.32 Å². The van der Waals surface area contributed by atoms with Gasteiger partial charge in [0.1, 0.15) is 5.82 Å². The Morgan fingerprint density at radius 2 is 1.83 bits per heavy atom. The van der Waals surface area contributed by atoms with Crippen molar-refractivity contribution in [3.05, 3.63) is 48.2 Å². The van der Waals surface area contributed by atoms with Crippen LogP contribution in [-0.4, -0.2) is 15.7 Å². The summed E-state index contributed by atoms with van der Waals surface area (Å²) in [5.74, 6) is 0.963. The van der Waals surface area contributed by atoms with Gasteiger partial charge in [0.05, 0.1) is 17.7 Å². The van der Waals surface area contributed by atoms with Gasteiger partial charge in [-0.15, -0.1) is 0 Å². The number of amides is 1. The second kappa shape index (κ2) is 5.84. The molecule has 1 aromatic heterocycles. The predicted octanol–water partition coefficient (Wildman–Crippen LogP) is 4.06. The summed E-state index contributed by atoms with van der Waals surface area (Å²) in [4.78, 5) is 12.9. The van der Waals surface area contributed by atoms with Crippen molar-refractivity contribution in [2.45, 2.75) is 56.4 Å². The Balaban J connectivity index is 1.53. The van der Waals surface area contributed by atoms with E-state index in [-0.39, 0.29) is 11.3 Å². The number of aromatic nitrogens is 2. The van der Waals surface area contributed by atoms with Gasteiger partial charge in [-0.2, -0.15) is 5.10 Å². The SMILES string of the molecule is O=C(Nc1ccnn1C1CCCCC1)C1(c2ccccc2)CC1. The normalized spacial score (nSPS) is 20.2. The molecule has 4 nitrogen and oxygen atoms in total. The number of anilines is 1. The number of hydrogen-bond acceptors (Lipinski definition) is 2. The van der Waals surface area contributed by atoms with Crippen LogP contribution in [-0.2, 0) is 10.2 Å². The van der Waals surface area contributed by atoms with E-state index in [1.807, 2.05) is 28.9 Å². The molecule has 1 heterocycles. The summed E-state index contributed by atoms with van der Waals surface area (Å²) >= 11 is 0. The van der Waals surface area contributed by atoms with E-state index in [2.05, 4.69) is 22.5 Å². The van der Waals surface area contributed by atoms with Crippen LogP contribution >= 0.6 is 0 Å². The zero-order chi connectivity index (χ0) is 15.7. The molecule has 2 aliphatic rings. The highest BCUT2D eigenvalue weighted by Gasteiger charge is 2.51. The maximum absolute atomic E-state index is 12.9. The van der Waals surface area contributed by atoms with Gasteiger partial charge in [0, 0.05) is 6.07 Å². The molecule has 4 heteroatoms. The summed E-state index contributed by atoms with van der Waals surface area (Å²) in [7, 11) is 0. The Bertz CT molecular complexity index is 682. The molecule has 2 saturated carbocycles. The number of benzene rings is 1. The van der Waals surface area contributed by atoms with Crippen molar-refractivity contribution < 1.29 is 4.79 Å². The third-order valence-electron chi connectivity index (χ3n) is 5.34. The number of nitrogens with one attached hydrogen (secondary N) is 1. The van der Waals surface area contributed by atoms with Crippen molar-refractivity contribution in [1.29, 1.82) is 0 Å². The van der Waals surface area contributed by atoms with Crippen molar-refractivity contribution >= 4 is 11.7 Å². The first-order chi connectivity index (χ1) is 11.3. The first-order valence-corrected chi connectivity index (χ1v) is 8.70. The molecule has 2 aromatic rings. The van der Waals surface area contributed by atoms with Crippen LogP contribution in [0.4, 0.5) is 5.82 Å². The van der Waals surface area contributed by atoms with Crippen LogP contribution in [0.2, 0.25) is 0 Å². The summed E-state index contributed by atoms with van der Waals surface area (Å²) in [6, 6.07) is 12.5. The second-order valence-electron chi connectivity index (χ2n) is 6.86. The fourth-order valence-electron chi connectivity index (χ4n) is 3.79. The van der Waals surface area contributed by atoms with Crippen molar-refractivity contribution in [2.75, 3.05) is 5.32 Å². The number of rotatable bonds is 4. The van der Waals surface area contributed by atoms with Gasteiger partial charge in [-0.25, -0.2) is 4.68 Å². The summed E-state index contributed by atoms with van der Waals surface area (Å²) in [5, 5.41) is 7.62. The Labute approximate surface area is 136 Å². The van der Waals surface area contributed by atoms with Crippen LogP contribution in [0.15, 0.2) is 42.6 Å². The van der Waals surface area contributed by atoms with Crippen molar-refractivity contribution in [1.82, 2.24) is 9.78 Å². The molecule has 0 aliphatic heterocycles. The van der Waals surface area contributed by atoms with Crippen molar-refractivity contribution in [3.8, 4) is 0 Å². The second-order valence-corrected chi connectivity index (χ2v) is 6.86. The van der Waals surface area contributed by atoms with E-state index in [1.165, 1.54) is 19.3 Å². The van der Waals surface area contributed by atoms with Gasteiger partial charge in [-0.05, 0) is 31.2 Å². The van der Waals surface area contributed by atoms with Gasteiger partial charge in [-0.1, -0.05) is 49.6 Å². The van der Waals surface area contributed by atoms with Crippen LogP contribution in [0, 0.1) is 0 Å². The molecule has 0 unspecified atom stereocenters. The third kappa shape index (κ3) is 2.67. The highest BCUT2D eigenvalue weighted by molar-refractivity contribution is 6.00. The largest absolute Gasteiger partial charge is 0.310 e. The van der Waals surface area contributed by atoms with Crippen molar-refractivity contribution in [3.63, 3.8) is 0 Å². The summed E-state index contributed by atoms with van der Waals surface area (Å²) in [5.41, 5.74) is 0.796. The van der Waals surface area contributed by atoms with Gasteiger partial charge in [0.25, 0.3) is 0 Å². The zero-order valence-corrected chi connectivity index (χ0v) is 13.4. The number of nitrogens with zero attached hydrogens (tertiary/aromatic N) is 2.